The number of fused-ring (bicyclic) bond motifs is 1. The summed E-state index contributed by atoms with van der Waals surface area (Å²) < 4.78 is 14.1. The number of thiazole rings is 1. The summed E-state index contributed by atoms with van der Waals surface area (Å²) in [4.78, 5) is 22.3. The topological polar surface area (TPSA) is 36.4 Å². The number of anilines is 1. The van der Waals surface area contributed by atoms with Gasteiger partial charge in [0.2, 0.25) is 5.91 Å². The number of benzene rings is 2. The van der Waals surface area contributed by atoms with Crippen molar-refractivity contribution >= 4 is 56.8 Å². The molecular formula is C20H23ClFN3OS2. The van der Waals surface area contributed by atoms with Gasteiger partial charge in [-0.2, -0.15) is 0 Å². The zero-order chi connectivity index (χ0) is 19.2. The van der Waals surface area contributed by atoms with Gasteiger partial charge in [-0.25, -0.2) is 9.37 Å². The van der Waals surface area contributed by atoms with Crippen molar-refractivity contribution in [2.45, 2.75) is 11.3 Å². The van der Waals surface area contributed by atoms with Crippen molar-refractivity contribution in [2.24, 2.45) is 0 Å². The largest absolute Gasteiger partial charge is 0.309 e. The molecule has 0 atom stereocenters. The lowest BCUT2D eigenvalue weighted by atomic mass is 10.3. The lowest BCUT2D eigenvalue weighted by molar-refractivity contribution is -0.116. The zero-order valence-corrected chi connectivity index (χ0v) is 18.2. The Morgan fingerprint density at radius 1 is 1.11 bits per heavy atom. The van der Waals surface area contributed by atoms with Crippen LogP contribution in [0, 0.1) is 5.82 Å². The summed E-state index contributed by atoms with van der Waals surface area (Å²) in [5, 5.41) is 0.736. The van der Waals surface area contributed by atoms with E-state index in [1.54, 1.807) is 17.0 Å². The summed E-state index contributed by atoms with van der Waals surface area (Å²) in [6, 6.07) is 14.1. The number of hydrogen-bond acceptors (Lipinski definition) is 5. The molecule has 0 radical (unpaired) electrons. The summed E-state index contributed by atoms with van der Waals surface area (Å²) >= 11 is 2.95. The minimum Gasteiger partial charge on any atom is -0.309 e. The molecule has 0 aliphatic heterocycles. The van der Waals surface area contributed by atoms with Crippen molar-refractivity contribution in [1.29, 1.82) is 0 Å². The molecule has 8 heteroatoms. The van der Waals surface area contributed by atoms with Gasteiger partial charge in [-0.1, -0.05) is 23.5 Å². The average molecular weight is 440 g/mol. The van der Waals surface area contributed by atoms with Crippen molar-refractivity contribution in [3.8, 4) is 0 Å². The van der Waals surface area contributed by atoms with Crippen molar-refractivity contribution in [2.75, 3.05) is 37.8 Å². The van der Waals surface area contributed by atoms with Crippen LogP contribution in [0.2, 0.25) is 0 Å². The predicted octanol–water partition coefficient (Wildman–Crippen LogP) is 4.93. The van der Waals surface area contributed by atoms with Gasteiger partial charge in [0, 0.05) is 11.4 Å². The SMILES string of the molecule is CN(C)CCCN(C(=O)CSc1ccc(F)cc1)c1nc2ccccc2s1.Cl. The van der Waals surface area contributed by atoms with E-state index in [1.165, 1.54) is 35.2 Å². The third kappa shape index (κ3) is 6.17. The molecule has 0 saturated carbocycles. The van der Waals surface area contributed by atoms with Gasteiger partial charge >= 0.3 is 0 Å². The number of halogens is 2. The van der Waals surface area contributed by atoms with E-state index in [0.717, 1.165) is 33.2 Å². The number of nitrogens with zero attached hydrogens (tertiary/aromatic N) is 3. The number of para-hydroxylation sites is 1. The molecule has 150 valence electrons. The average Bonchev–Trinajstić information content (AvgIpc) is 3.08. The summed E-state index contributed by atoms with van der Waals surface area (Å²) in [5.74, 6) is 0.0383. The van der Waals surface area contributed by atoms with Crippen LogP contribution in [0.3, 0.4) is 0 Å². The van der Waals surface area contributed by atoms with Gasteiger partial charge in [-0.05, 0) is 63.5 Å². The quantitative estimate of drug-likeness (QED) is 0.466. The molecule has 0 unspecified atom stereocenters. The van der Waals surface area contributed by atoms with Gasteiger partial charge < -0.3 is 4.90 Å². The molecule has 3 aromatic rings. The molecule has 0 aliphatic rings. The molecule has 1 aromatic heterocycles. The molecule has 3 rings (SSSR count). The van der Waals surface area contributed by atoms with E-state index in [0.29, 0.717) is 12.3 Å². The fourth-order valence-corrected chi connectivity index (χ4v) is 4.38. The number of hydrogen-bond donors (Lipinski definition) is 0. The van der Waals surface area contributed by atoms with Crippen molar-refractivity contribution < 1.29 is 9.18 Å². The van der Waals surface area contributed by atoms with E-state index >= 15 is 0 Å². The summed E-state index contributed by atoms with van der Waals surface area (Å²) in [7, 11) is 4.04. The van der Waals surface area contributed by atoms with E-state index in [-0.39, 0.29) is 24.1 Å². The van der Waals surface area contributed by atoms with Crippen LogP contribution in [-0.4, -0.2) is 48.7 Å². The van der Waals surface area contributed by atoms with Gasteiger partial charge in [0.25, 0.3) is 0 Å². The Bertz CT molecular complexity index is 869. The third-order valence-corrected chi connectivity index (χ3v) is 6.03. The zero-order valence-electron chi connectivity index (χ0n) is 15.8. The monoisotopic (exact) mass is 439 g/mol. The highest BCUT2D eigenvalue weighted by Gasteiger charge is 2.19. The Labute approximate surface area is 179 Å². The second-order valence-corrected chi connectivity index (χ2v) is 8.47. The lowest BCUT2D eigenvalue weighted by Gasteiger charge is -2.21. The maximum absolute atomic E-state index is 13.0. The van der Waals surface area contributed by atoms with Crippen molar-refractivity contribution in [3.05, 3.63) is 54.3 Å². The molecule has 4 nitrogen and oxygen atoms in total. The van der Waals surface area contributed by atoms with Crippen LogP contribution in [0.25, 0.3) is 10.2 Å². The summed E-state index contributed by atoms with van der Waals surface area (Å²) in [5.41, 5.74) is 0.911. The van der Waals surface area contributed by atoms with Crippen LogP contribution >= 0.6 is 35.5 Å². The highest BCUT2D eigenvalue weighted by atomic mass is 35.5. The fraction of sp³-hybridized carbons (Fsp3) is 0.300. The number of thioether (sulfide) groups is 1. The number of carbonyl (C=O) groups is 1. The van der Waals surface area contributed by atoms with Crippen LogP contribution in [0.5, 0.6) is 0 Å². The molecule has 0 bridgehead atoms. The van der Waals surface area contributed by atoms with E-state index in [4.69, 9.17) is 0 Å². The predicted molar refractivity (Wildman–Crippen MR) is 120 cm³/mol. The molecule has 0 fully saturated rings. The van der Waals surface area contributed by atoms with Crippen LogP contribution in [0.15, 0.2) is 53.4 Å². The number of rotatable bonds is 8. The normalized spacial score (nSPS) is 10.9. The van der Waals surface area contributed by atoms with Gasteiger partial charge in [0.05, 0.1) is 16.0 Å². The Hall–Kier alpha value is -1.67. The van der Waals surface area contributed by atoms with Crippen LogP contribution in [0.1, 0.15) is 6.42 Å². The third-order valence-electron chi connectivity index (χ3n) is 3.98. The van der Waals surface area contributed by atoms with E-state index in [2.05, 4.69) is 9.88 Å². The molecule has 0 N–H and O–H groups in total. The standard InChI is InChI=1S/C20H22FN3OS2.ClH/c1-23(2)12-5-13-24(20-22-17-6-3-4-7-18(17)27-20)19(25)14-26-16-10-8-15(21)9-11-16;/h3-4,6-11H,5,12-14H2,1-2H3;1H. The highest BCUT2D eigenvalue weighted by molar-refractivity contribution is 8.00. The Kier molecular flexibility index (Phi) is 8.69. The molecule has 0 aliphatic carbocycles. The molecular weight excluding hydrogens is 417 g/mol. The molecule has 28 heavy (non-hydrogen) atoms. The first-order valence-electron chi connectivity index (χ1n) is 8.72. The van der Waals surface area contributed by atoms with Gasteiger partial charge in [-0.3, -0.25) is 9.69 Å². The molecule has 1 heterocycles. The first kappa shape index (κ1) is 22.6. The lowest BCUT2D eigenvalue weighted by Crippen LogP contribution is -2.34. The van der Waals surface area contributed by atoms with Crippen LogP contribution in [-0.2, 0) is 4.79 Å². The first-order chi connectivity index (χ1) is 13.0. The number of aromatic nitrogens is 1. The second kappa shape index (κ2) is 10.8. The Morgan fingerprint density at radius 2 is 1.82 bits per heavy atom. The first-order valence-corrected chi connectivity index (χ1v) is 10.5. The number of amides is 1. The fourth-order valence-electron chi connectivity index (χ4n) is 2.60. The minimum atomic E-state index is -0.273. The minimum absolute atomic E-state index is 0. The van der Waals surface area contributed by atoms with Gasteiger partial charge in [-0.15, -0.1) is 24.2 Å². The maximum Gasteiger partial charge on any atom is 0.239 e. The Morgan fingerprint density at radius 3 is 2.50 bits per heavy atom. The molecule has 1 amide bonds. The van der Waals surface area contributed by atoms with E-state index in [9.17, 15) is 9.18 Å². The summed E-state index contributed by atoms with van der Waals surface area (Å²) in [6.45, 7) is 1.53. The van der Waals surface area contributed by atoms with Crippen LogP contribution < -0.4 is 4.90 Å². The second-order valence-electron chi connectivity index (χ2n) is 6.41. The molecule has 2 aromatic carbocycles. The highest BCUT2D eigenvalue weighted by Crippen LogP contribution is 2.29. The van der Waals surface area contributed by atoms with Crippen LogP contribution in [0.4, 0.5) is 9.52 Å². The molecule has 0 spiro atoms. The van der Waals surface area contributed by atoms with E-state index < -0.39 is 0 Å². The summed E-state index contributed by atoms with van der Waals surface area (Å²) in [6.07, 6.45) is 0.871. The van der Waals surface area contributed by atoms with E-state index in [1.807, 2.05) is 38.4 Å². The number of carbonyl (C=O) groups excluding carboxylic acids is 1. The van der Waals surface area contributed by atoms with Crippen molar-refractivity contribution in [1.82, 2.24) is 9.88 Å². The van der Waals surface area contributed by atoms with Crippen molar-refractivity contribution in [3.63, 3.8) is 0 Å². The Balaban J connectivity index is 0.00000280. The maximum atomic E-state index is 13.0. The van der Waals surface area contributed by atoms with Gasteiger partial charge in [0.15, 0.2) is 5.13 Å². The smallest absolute Gasteiger partial charge is 0.239 e. The van der Waals surface area contributed by atoms with Gasteiger partial charge in [0.1, 0.15) is 5.82 Å². The molecule has 0 saturated heterocycles.